The first kappa shape index (κ1) is 17.7. The van der Waals surface area contributed by atoms with Crippen molar-refractivity contribution in [1.29, 1.82) is 0 Å². The van der Waals surface area contributed by atoms with Gasteiger partial charge in [-0.3, -0.25) is 4.79 Å². The highest BCUT2D eigenvalue weighted by Gasteiger charge is 2.38. The van der Waals surface area contributed by atoms with Crippen molar-refractivity contribution in [3.63, 3.8) is 0 Å². The molecule has 0 aliphatic carbocycles. The van der Waals surface area contributed by atoms with Crippen LogP contribution in [-0.4, -0.2) is 15.1 Å². The lowest BCUT2D eigenvalue weighted by Crippen LogP contribution is -2.15. The summed E-state index contributed by atoms with van der Waals surface area (Å²) in [6.45, 7) is 0. The molecule has 0 spiro atoms. The van der Waals surface area contributed by atoms with Gasteiger partial charge in [0.25, 0.3) is 5.56 Å². The minimum atomic E-state index is -4.89. The number of halogens is 6. The van der Waals surface area contributed by atoms with Gasteiger partial charge in [0, 0.05) is 23.7 Å². The van der Waals surface area contributed by atoms with E-state index in [1.807, 2.05) is 0 Å². The number of hydrogen-bond acceptors (Lipinski definition) is 4. The van der Waals surface area contributed by atoms with Crippen LogP contribution in [0.15, 0.2) is 33.7 Å². The number of alkyl halides is 3. The Morgan fingerprint density at radius 2 is 1.81 bits per heavy atom. The predicted octanol–water partition coefficient (Wildman–Crippen LogP) is 3.45. The summed E-state index contributed by atoms with van der Waals surface area (Å²) in [5.41, 5.74) is -1.57. The molecule has 1 aromatic carbocycles. The Hall–Kier alpha value is -3.11. The van der Waals surface area contributed by atoms with Crippen LogP contribution in [0.25, 0.3) is 11.4 Å². The molecule has 0 saturated heterocycles. The summed E-state index contributed by atoms with van der Waals surface area (Å²) in [5, 5.41) is 3.16. The van der Waals surface area contributed by atoms with Crippen molar-refractivity contribution in [3.05, 3.63) is 69.2 Å². The second-order valence-corrected chi connectivity index (χ2v) is 5.13. The number of H-pyrrole nitrogens is 1. The Bertz CT molecular complexity index is 1020. The monoisotopic (exact) mass is 375 g/mol. The van der Waals surface area contributed by atoms with E-state index >= 15 is 0 Å². The van der Waals surface area contributed by atoms with Gasteiger partial charge < -0.3 is 9.51 Å². The Kier molecular flexibility index (Phi) is 4.30. The zero-order chi connectivity index (χ0) is 19.1. The Morgan fingerprint density at radius 3 is 2.46 bits per heavy atom. The molecule has 0 fully saturated rings. The van der Waals surface area contributed by atoms with Crippen LogP contribution in [0.3, 0.4) is 0 Å². The quantitative estimate of drug-likeness (QED) is 0.562. The summed E-state index contributed by atoms with van der Waals surface area (Å²) in [6.07, 6.45) is -4.31. The van der Waals surface area contributed by atoms with Gasteiger partial charge in [-0.25, -0.2) is 13.2 Å². The fraction of sp³-hybridized carbons (Fsp3) is 0.133. The van der Waals surface area contributed by atoms with E-state index in [1.165, 1.54) is 6.07 Å². The molecule has 2 aromatic heterocycles. The number of rotatable bonds is 3. The van der Waals surface area contributed by atoms with Gasteiger partial charge in [-0.05, 0) is 17.7 Å². The summed E-state index contributed by atoms with van der Waals surface area (Å²) in [5.74, 6) is -6.83. The second-order valence-electron chi connectivity index (χ2n) is 5.13. The Labute approximate surface area is 140 Å². The number of hydrogen-bond donors (Lipinski definition) is 1. The number of aromatic amines is 1. The molecule has 0 unspecified atom stereocenters. The first-order valence-corrected chi connectivity index (χ1v) is 6.92. The van der Waals surface area contributed by atoms with Gasteiger partial charge in [0.1, 0.15) is 0 Å². The van der Waals surface area contributed by atoms with Crippen molar-refractivity contribution in [2.75, 3.05) is 0 Å². The lowest BCUT2D eigenvalue weighted by Gasteiger charge is -2.07. The molecule has 136 valence electrons. The van der Waals surface area contributed by atoms with E-state index in [4.69, 9.17) is 0 Å². The van der Waals surface area contributed by atoms with E-state index in [0.29, 0.717) is 6.07 Å². The van der Waals surface area contributed by atoms with Crippen molar-refractivity contribution in [2.45, 2.75) is 12.6 Å². The summed E-state index contributed by atoms with van der Waals surface area (Å²) >= 11 is 0. The highest BCUT2D eigenvalue weighted by molar-refractivity contribution is 5.59. The van der Waals surface area contributed by atoms with Crippen LogP contribution in [0, 0.1) is 17.5 Å². The lowest BCUT2D eigenvalue weighted by molar-refractivity contribution is -0.159. The molecule has 0 atom stereocenters. The Morgan fingerprint density at radius 1 is 1.08 bits per heavy atom. The molecule has 2 heterocycles. The number of nitrogens with one attached hydrogen (secondary N) is 1. The SMILES string of the molecule is O=c1[nH]ccc(-c2noc(C(F)(F)F)n2)c1Cc1ccc(F)c(F)c1F. The largest absolute Gasteiger partial charge is 0.471 e. The standard InChI is InChI=1S/C15H7F6N3O2/c16-9-2-1-6(10(17)11(9)18)5-8-7(3-4-22-13(8)25)12-23-14(26-24-12)15(19,20)21/h1-4H,5H2,(H,22,25). The average molecular weight is 375 g/mol. The van der Waals surface area contributed by atoms with Crippen molar-refractivity contribution in [3.8, 4) is 11.4 Å². The third-order valence-corrected chi connectivity index (χ3v) is 3.46. The van der Waals surface area contributed by atoms with Crippen molar-refractivity contribution < 1.29 is 30.9 Å². The topological polar surface area (TPSA) is 71.8 Å². The minimum absolute atomic E-state index is 0.169. The fourth-order valence-corrected chi connectivity index (χ4v) is 2.24. The van der Waals surface area contributed by atoms with Gasteiger partial charge in [0.05, 0.1) is 0 Å². The molecule has 11 heteroatoms. The van der Waals surface area contributed by atoms with Crippen LogP contribution in [0.4, 0.5) is 26.3 Å². The van der Waals surface area contributed by atoms with Gasteiger partial charge in [0.15, 0.2) is 17.5 Å². The van der Waals surface area contributed by atoms with E-state index in [1.54, 1.807) is 0 Å². The van der Waals surface area contributed by atoms with Gasteiger partial charge >= 0.3 is 12.1 Å². The molecule has 0 aliphatic rings. The van der Waals surface area contributed by atoms with Crippen LogP contribution in [0.5, 0.6) is 0 Å². The maximum absolute atomic E-state index is 13.8. The normalized spacial score (nSPS) is 11.8. The van der Waals surface area contributed by atoms with Crippen molar-refractivity contribution >= 4 is 0 Å². The minimum Gasteiger partial charge on any atom is -0.329 e. The third-order valence-electron chi connectivity index (χ3n) is 3.46. The highest BCUT2D eigenvalue weighted by atomic mass is 19.4. The van der Waals surface area contributed by atoms with Crippen molar-refractivity contribution in [1.82, 2.24) is 15.1 Å². The zero-order valence-electron chi connectivity index (χ0n) is 12.5. The number of benzene rings is 1. The maximum Gasteiger partial charge on any atom is 0.471 e. The van der Waals surface area contributed by atoms with E-state index < -0.39 is 47.3 Å². The molecule has 3 aromatic rings. The van der Waals surface area contributed by atoms with Crippen LogP contribution >= 0.6 is 0 Å². The van der Waals surface area contributed by atoms with E-state index in [9.17, 15) is 31.1 Å². The first-order valence-electron chi connectivity index (χ1n) is 6.92. The molecular weight excluding hydrogens is 368 g/mol. The van der Waals surface area contributed by atoms with Crippen LogP contribution in [0.2, 0.25) is 0 Å². The smallest absolute Gasteiger partial charge is 0.329 e. The Balaban J connectivity index is 2.08. The lowest BCUT2D eigenvalue weighted by atomic mass is 10.0. The molecule has 0 radical (unpaired) electrons. The third kappa shape index (κ3) is 3.19. The second kappa shape index (κ2) is 6.32. The number of nitrogens with zero attached hydrogens (tertiary/aromatic N) is 2. The maximum atomic E-state index is 13.8. The van der Waals surface area contributed by atoms with E-state index in [-0.39, 0.29) is 16.7 Å². The van der Waals surface area contributed by atoms with Crippen LogP contribution < -0.4 is 5.56 Å². The predicted molar refractivity (Wildman–Crippen MR) is 74.5 cm³/mol. The highest BCUT2D eigenvalue weighted by Crippen LogP contribution is 2.30. The zero-order valence-corrected chi connectivity index (χ0v) is 12.5. The molecular formula is C15H7F6N3O2. The van der Waals surface area contributed by atoms with E-state index in [0.717, 1.165) is 12.3 Å². The number of pyridine rings is 1. The molecule has 0 aliphatic heterocycles. The van der Waals surface area contributed by atoms with Gasteiger partial charge in [-0.2, -0.15) is 18.2 Å². The van der Waals surface area contributed by atoms with Gasteiger partial charge in [-0.15, -0.1) is 0 Å². The molecule has 0 saturated carbocycles. The summed E-state index contributed by atoms with van der Waals surface area (Å²) < 4.78 is 82.1. The molecule has 3 rings (SSSR count). The molecule has 5 nitrogen and oxygen atoms in total. The fourth-order valence-electron chi connectivity index (χ4n) is 2.24. The first-order chi connectivity index (χ1) is 12.2. The average Bonchev–Trinajstić information content (AvgIpc) is 3.07. The summed E-state index contributed by atoms with van der Waals surface area (Å²) in [6, 6.07) is 2.77. The van der Waals surface area contributed by atoms with Gasteiger partial charge in [-0.1, -0.05) is 11.2 Å². The molecule has 26 heavy (non-hydrogen) atoms. The number of aromatic nitrogens is 3. The molecule has 0 amide bonds. The van der Waals surface area contributed by atoms with E-state index in [2.05, 4.69) is 19.6 Å². The van der Waals surface area contributed by atoms with Crippen LogP contribution in [-0.2, 0) is 12.6 Å². The summed E-state index contributed by atoms with van der Waals surface area (Å²) in [4.78, 5) is 17.5. The van der Waals surface area contributed by atoms with Crippen molar-refractivity contribution in [2.24, 2.45) is 0 Å². The summed E-state index contributed by atoms with van der Waals surface area (Å²) in [7, 11) is 0. The van der Waals surface area contributed by atoms with Crippen LogP contribution in [0.1, 0.15) is 17.0 Å². The molecule has 0 bridgehead atoms. The van der Waals surface area contributed by atoms with Gasteiger partial charge in [0.2, 0.25) is 5.82 Å². The molecule has 1 N–H and O–H groups in total.